The Hall–Kier alpha value is -3.29. The minimum atomic E-state index is -1.72. The van der Waals surface area contributed by atoms with Crippen LogP contribution in [0.1, 0.15) is 28.4 Å². The summed E-state index contributed by atoms with van der Waals surface area (Å²) in [6.07, 6.45) is 0.682. The van der Waals surface area contributed by atoms with E-state index in [-0.39, 0.29) is 5.56 Å². The number of nitrogens with one attached hydrogen (secondary N) is 1. The Morgan fingerprint density at radius 3 is 2.75 bits per heavy atom. The van der Waals surface area contributed by atoms with Crippen molar-refractivity contribution in [1.82, 2.24) is 10.2 Å². The van der Waals surface area contributed by atoms with Crippen molar-refractivity contribution in [2.75, 3.05) is 13.2 Å². The third kappa shape index (κ3) is 2.81. The molecule has 0 saturated carbocycles. The molecule has 1 saturated heterocycles. The topological polar surface area (TPSA) is 75.7 Å². The number of hydrogen-bond acceptors (Lipinski definition) is 4. The first-order chi connectivity index (χ1) is 13.3. The van der Waals surface area contributed by atoms with Gasteiger partial charge < -0.3 is 10.1 Å². The lowest BCUT2D eigenvalue weighted by Crippen LogP contribution is -2.42. The van der Waals surface area contributed by atoms with Crippen molar-refractivity contribution >= 4 is 17.7 Å². The number of urea groups is 1. The number of amides is 3. The fraction of sp³-hybridized carbons (Fsp3) is 0.250. The fourth-order valence-electron chi connectivity index (χ4n) is 3.51. The minimum Gasteiger partial charge on any atom is -0.493 e. The number of Topliss-reactive ketones (excluding diaryl/α,β-unsaturated/α-hetero) is 1. The van der Waals surface area contributed by atoms with Crippen molar-refractivity contribution in [3.05, 3.63) is 64.7 Å². The Balaban J connectivity index is 1.58. The van der Waals surface area contributed by atoms with Crippen LogP contribution in [-0.2, 0) is 16.8 Å². The van der Waals surface area contributed by atoms with Crippen molar-refractivity contribution in [2.45, 2.75) is 18.9 Å². The zero-order valence-electron chi connectivity index (χ0n) is 14.9. The second-order valence-electron chi connectivity index (χ2n) is 6.91. The van der Waals surface area contributed by atoms with Crippen LogP contribution >= 0.6 is 0 Å². The maximum Gasteiger partial charge on any atom is 0.325 e. The summed E-state index contributed by atoms with van der Waals surface area (Å²) in [6, 6.07) is 6.87. The number of ketones is 1. The molecule has 144 valence electrons. The summed E-state index contributed by atoms with van der Waals surface area (Å²) in [6.45, 7) is 1.38. The van der Waals surface area contributed by atoms with E-state index < -0.39 is 41.4 Å². The highest BCUT2D eigenvalue weighted by molar-refractivity contribution is 6.11. The molecule has 0 bridgehead atoms. The van der Waals surface area contributed by atoms with Crippen LogP contribution in [0.5, 0.6) is 5.75 Å². The molecule has 1 atom stereocenters. The van der Waals surface area contributed by atoms with E-state index >= 15 is 0 Å². The molecule has 6 nitrogen and oxygen atoms in total. The standard InChI is InChI=1S/C20H16F2N2O4/c1-20(14-4-3-13(21)9-15(14)22)18(26)24(19(27)23-20)10-16(25)11-2-5-17-12(8-11)6-7-28-17/h2-5,8-9H,6-7,10H2,1H3,(H,23,27). The van der Waals surface area contributed by atoms with Crippen LogP contribution in [-0.4, -0.2) is 35.8 Å². The van der Waals surface area contributed by atoms with E-state index in [4.69, 9.17) is 4.74 Å². The quantitative estimate of drug-likeness (QED) is 0.647. The van der Waals surface area contributed by atoms with E-state index in [1.54, 1.807) is 18.2 Å². The minimum absolute atomic E-state index is 0.170. The van der Waals surface area contributed by atoms with Crippen molar-refractivity contribution in [2.24, 2.45) is 0 Å². The van der Waals surface area contributed by atoms with Crippen molar-refractivity contribution in [3.8, 4) is 5.75 Å². The molecule has 0 spiro atoms. The first kappa shape index (κ1) is 18.1. The predicted octanol–water partition coefficient (Wildman–Crippen LogP) is 2.55. The van der Waals surface area contributed by atoms with Crippen LogP contribution in [0.25, 0.3) is 0 Å². The number of imide groups is 1. The molecule has 2 aromatic carbocycles. The Labute approximate surface area is 159 Å². The molecule has 3 amide bonds. The van der Waals surface area contributed by atoms with Crippen LogP contribution in [0.15, 0.2) is 36.4 Å². The molecular weight excluding hydrogens is 370 g/mol. The van der Waals surface area contributed by atoms with Crippen LogP contribution in [0, 0.1) is 11.6 Å². The van der Waals surface area contributed by atoms with E-state index in [0.29, 0.717) is 30.4 Å². The molecule has 8 heteroatoms. The van der Waals surface area contributed by atoms with E-state index in [9.17, 15) is 23.2 Å². The summed E-state index contributed by atoms with van der Waals surface area (Å²) in [4.78, 5) is 38.5. The Bertz CT molecular complexity index is 1020. The van der Waals surface area contributed by atoms with Gasteiger partial charge in [-0.15, -0.1) is 0 Å². The summed E-state index contributed by atoms with van der Waals surface area (Å²) in [7, 11) is 0. The normalized spacial score (nSPS) is 20.8. The summed E-state index contributed by atoms with van der Waals surface area (Å²) in [5.41, 5.74) is -0.648. The van der Waals surface area contributed by atoms with Gasteiger partial charge in [-0.1, -0.05) is 6.07 Å². The number of carbonyl (C=O) groups excluding carboxylic acids is 3. The van der Waals surface area contributed by atoms with E-state index in [1.165, 1.54) is 6.92 Å². The van der Waals surface area contributed by atoms with Gasteiger partial charge in [0.2, 0.25) is 0 Å². The molecule has 1 N–H and O–H groups in total. The van der Waals surface area contributed by atoms with Gasteiger partial charge in [0.15, 0.2) is 5.78 Å². The average Bonchev–Trinajstić information content (AvgIpc) is 3.19. The third-order valence-corrected chi connectivity index (χ3v) is 5.06. The van der Waals surface area contributed by atoms with Crippen molar-refractivity contribution < 1.29 is 27.9 Å². The lowest BCUT2D eigenvalue weighted by molar-refractivity contribution is -0.130. The van der Waals surface area contributed by atoms with Gasteiger partial charge in [0, 0.05) is 23.6 Å². The highest BCUT2D eigenvalue weighted by Gasteiger charge is 2.50. The first-order valence-corrected chi connectivity index (χ1v) is 8.68. The Morgan fingerprint density at radius 2 is 2.00 bits per heavy atom. The molecule has 2 aromatic rings. The molecule has 0 aliphatic carbocycles. The van der Waals surface area contributed by atoms with Crippen LogP contribution in [0.4, 0.5) is 13.6 Å². The maximum absolute atomic E-state index is 14.2. The summed E-state index contributed by atoms with van der Waals surface area (Å²) < 4.78 is 32.8. The maximum atomic E-state index is 14.2. The fourth-order valence-corrected chi connectivity index (χ4v) is 3.51. The van der Waals surface area contributed by atoms with Crippen molar-refractivity contribution in [3.63, 3.8) is 0 Å². The summed E-state index contributed by atoms with van der Waals surface area (Å²) >= 11 is 0. The number of fused-ring (bicyclic) bond motifs is 1. The first-order valence-electron chi connectivity index (χ1n) is 8.68. The Morgan fingerprint density at radius 1 is 1.21 bits per heavy atom. The van der Waals surface area contributed by atoms with Crippen LogP contribution in [0.2, 0.25) is 0 Å². The number of benzene rings is 2. The smallest absolute Gasteiger partial charge is 0.325 e. The molecule has 0 aromatic heterocycles. The zero-order chi connectivity index (χ0) is 20.1. The number of nitrogens with zero attached hydrogens (tertiary/aromatic N) is 1. The molecule has 2 aliphatic heterocycles. The SMILES string of the molecule is CC1(c2ccc(F)cc2F)NC(=O)N(CC(=O)c2ccc3c(c2)CCO3)C1=O. The van der Waals surface area contributed by atoms with Gasteiger partial charge in [0.1, 0.15) is 22.9 Å². The second-order valence-corrected chi connectivity index (χ2v) is 6.91. The second kappa shape index (κ2) is 6.40. The number of ether oxygens (including phenoxy) is 1. The van der Waals surface area contributed by atoms with E-state index in [0.717, 1.165) is 22.6 Å². The molecule has 28 heavy (non-hydrogen) atoms. The zero-order valence-corrected chi connectivity index (χ0v) is 14.9. The number of halogens is 2. The summed E-state index contributed by atoms with van der Waals surface area (Å²) in [5, 5.41) is 2.41. The largest absolute Gasteiger partial charge is 0.493 e. The number of rotatable bonds is 4. The molecule has 2 aliphatic rings. The lowest BCUT2D eigenvalue weighted by Gasteiger charge is -2.22. The third-order valence-electron chi connectivity index (χ3n) is 5.06. The molecule has 2 heterocycles. The summed E-state index contributed by atoms with van der Waals surface area (Å²) in [5.74, 6) is -2.24. The molecule has 1 unspecified atom stereocenters. The van der Waals surface area contributed by atoms with Gasteiger partial charge in [-0.05, 0) is 36.8 Å². The predicted molar refractivity (Wildman–Crippen MR) is 93.9 cm³/mol. The van der Waals surface area contributed by atoms with Gasteiger partial charge in [0.25, 0.3) is 5.91 Å². The highest BCUT2D eigenvalue weighted by atomic mass is 19.1. The van der Waals surface area contributed by atoms with Gasteiger partial charge in [-0.3, -0.25) is 14.5 Å². The van der Waals surface area contributed by atoms with Gasteiger partial charge in [-0.25, -0.2) is 13.6 Å². The number of hydrogen-bond donors (Lipinski definition) is 1. The van der Waals surface area contributed by atoms with Gasteiger partial charge in [0.05, 0.1) is 13.2 Å². The highest BCUT2D eigenvalue weighted by Crippen LogP contribution is 2.31. The average molecular weight is 386 g/mol. The Kier molecular flexibility index (Phi) is 4.14. The van der Waals surface area contributed by atoms with Crippen LogP contribution in [0.3, 0.4) is 0 Å². The lowest BCUT2D eigenvalue weighted by atomic mass is 9.91. The molecule has 0 radical (unpaired) electrons. The van der Waals surface area contributed by atoms with Gasteiger partial charge in [-0.2, -0.15) is 0 Å². The molecule has 1 fully saturated rings. The monoisotopic (exact) mass is 386 g/mol. The number of carbonyl (C=O) groups is 3. The van der Waals surface area contributed by atoms with Crippen molar-refractivity contribution in [1.29, 1.82) is 0 Å². The van der Waals surface area contributed by atoms with E-state index in [1.807, 2.05) is 0 Å². The molecular formula is C20H16F2N2O4. The molecule has 4 rings (SSSR count). The van der Waals surface area contributed by atoms with Gasteiger partial charge >= 0.3 is 6.03 Å². The van der Waals surface area contributed by atoms with E-state index in [2.05, 4.69) is 5.32 Å². The van der Waals surface area contributed by atoms with Crippen LogP contribution < -0.4 is 10.1 Å².